The van der Waals surface area contributed by atoms with E-state index in [-0.39, 0.29) is 12.4 Å². The lowest BCUT2D eigenvalue weighted by atomic mass is 9.99. The number of amides is 1. The van der Waals surface area contributed by atoms with Crippen LogP contribution in [-0.2, 0) is 0 Å². The lowest BCUT2D eigenvalue weighted by molar-refractivity contribution is 0.101. The summed E-state index contributed by atoms with van der Waals surface area (Å²) in [6.45, 7) is 4.43. The topological polar surface area (TPSA) is 89.9 Å². The molecule has 0 saturated heterocycles. The molecule has 0 aliphatic rings. The summed E-state index contributed by atoms with van der Waals surface area (Å²) in [5.74, 6) is 3.37. The van der Waals surface area contributed by atoms with Gasteiger partial charge in [-0.3, -0.25) is 4.79 Å². The smallest absolute Gasteiger partial charge is 0.294 e. The fourth-order valence-electron chi connectivity index (χ4n) is 3.95. The molecular weight excluding hydrogens is 450 g/mol. The molecule has 5 aromatic rings. The molecule has 176 valence electrons. The molecule has 1 N–H and O–H groups in total. The highest BCUT2D eigenvalue weighted by Crippen LogP contribution is 2.31. The number of terminal acetylenes is 1. The molecule has 0 bridgehead atoms. The van der Waals surface area contributed by atoms with E-state index >= 15 is 0 Å². The van der Waals surface area contributed by atoms with Crippen molar-refractivity contribution in [1.29, 1.82) is 0 Å². The minimum absolute atomic E-state index is 0.0254. The molecule has 2 heterocycles. The molecule has 36 heavy (non-hydrogen) atoms. The van der Waals surface area contributed by atoms with Gasteiger partial charge in [0.05, 0.1) is 17.4 Å². The fourth-order valence-corrected chi connectivity index (χ4v) is 3.95. The van der Waals surface area contributed by atoms with E-state index in [2.05, 4.69) is 57.4 Å². The zero-order valence-electron chi connectivity index (χ0n) is 19.9. The van der Waals surface area contributed by atoms with Gasteiger partial charge in [0.1, 0.15) is 12.4 Å². The minimum atomic E-state index is -0.477. The number of ether oxygens (including phenoxy) is 1. The number of hydrogen-bond acceptors (Lipinski definition) is 6. The number of carbonyl (C=O) groups is 1. The summed E-state index contributed by atoms with van der Waals surface area (Å²) in [5, 5.41) is 13.3. The van der Waals surface area contributed by atoms with Crippen LogP contribution in [0.1, 0.15) is 35.9 Å². The van der Waals surface area contributed by atoms with Crippen molar-refractivity contribution in [2.24, 2.45) is 0 Å². The Labute approximate surface area is 208 Å². The predicted octanol–water partition coefficient (Wildman–Crippen LogP) is 5.63. The van der Waals surface area contributed by atoms with Gasteiger partial charge in [0.25, 0.3) is 5.91 Å². The number of carbonyl (C=O) groups excluding carboxylic acids is 1. The van der Waals surface area contributed by atoms with Crippen LogP contribution < -0.4 is 10.1 Å². The Morgan fingerprint density at radius 3 is 2.61 bits per heavy atom. The van der Waals surface area contributed by atoms with E-state index < -0.39 is 5.91 Å². The lowest BCUT2D eigenvalue weighted by Gasteiger charge is -2.12. The second-order valence-electron chi connectivity index (χ2n) is 8.58. The molecule has 2 aromatic heterocycles. The first-order valence-corrected chi connectivity index (χ1v) is 11.5. The zero-order chi connectivity index (χ0) is 25.1. The number of nitrogens with one attached hydrogen (secondary N) is 1. The van der Waals surface area contributed by atoms with E-state index in [4.69, 9.17) is 11.2 Å². The summed E-state index contributed by atoms with van der Waals surface area (Å²) in [4.78, 5) is 22.5. The van der Waals surface area contributed by atoms with Crippen molar-refractivity contribution in [3.63, 3.8) is 0 Å². The zero-order valence-corrected chi connectivity index (χ0v) is 19.9. The maximum absolute atomic E-state index is 13.3. The fraction of sp³-hybridized carbons (Fsp3) is 0.138. The molecular formula is C29H23N5O2. The molecule has 7 nitrogen and oxygen atoms in total. The predicted molar refractivity (Wildman–Crippen MR) is 141 cm³/mol. The SMILES string of the molecule is C#CCOc1ccc2nc(C(=O)Nc3nncc4ccccc34)nc(-c3ccc(C(C)C)cc3)c2c1. The van der Waals surface area contributed by atoms with Crippen LogP contribution in [0.15, 0.2) is 72.9 Å². The Morgan fingerprint density at radius 1 is 1.03 bits per heavy atom. The average Bonchev–Trinajstić information content (AvgIpc) is 2.91. The Bertz CT molecular complexity index is 1620. The van der Waals surface area contributed by atoms with Crippen molar-refractivity contribution in [3.8, 4) is 29.4 Å². The summed E-state index contributed by atoms with van der Waals surface area (Å²) in [5.41, 5.74) is 3.30. The van der Waals surface area contributed by atoms with Gasteiger partial charge in [0, 0.05) is 21.7 Å². The third-order valence-electron chi connectivity index (χ3n) is 5.85. The second-order valence-corrected chi connectivity index (χ2v) is 8.58. The van der Waals surface area contributed by atoms with Gasteiger partial charge >= 0.3 is 0 Å². The molecule has 7 heteroatoms. The number of rotatable bonds is 6. The van der Waals surface area contributed by atoms with Crippen LogP contribution in [0.4, 0.5) is 5.82 Å². The summed E-state index contributed by atoms with van der Waals surface area (Å²) in [6.07, 6.45) is 6.99. The molecule has 3 aromatic carbocycles. The summed E-state index contributed by atoms with van der Waals surface area (Å²) in [7, 11) is 0. The number of hydrogen-bond donors (Lipinski definition) is 1. The second kappa shape index (κ2) is 9.80. The molecule has 0 atom stereocenters. The number of benzene rings is 3. The normalized spacial score (nSPS) is 10.9. The van der Waals surface area contributed by atoms with E-state index in [1.165, 1.54) is 5.56 Å². The van der Waals surface area contributed by atoms with Gasteiger partial charge in [-0.25, -0.2) is 9.97 Å². The van der Waals surface area contributed by atoms with E-state index in [9.17, 15) is 4.79 Å². The van der Waals surface area contributed by atoms with Gasteiger partial charge < -0.3 is 10.1 Å². The minimum Gasteiger partial charge on any atom is -0.481 e. The van der Waals surface area contributed by atoms with Crippen LogP contribution >= 0.6 is 0 Å². The Balaban J connectivity index is 1.60. The van der Waals surface area contributed by atoms with Gasteiger partial charge in [-0.15, -0.1) is 11.5 Å². The molecule has 0 unspecified atom stereocenters. The highest BCUT2D eigenvalue weighted by molar-refractivity contribution is 6.07. The van der Waals surface area contributed by atoms with E-state index in [0.29, 0.717) is 28.7 Å². The molecule has 0 spiro atoms. The summed E-state index contributed by atoms with van der Waals surface area (Å²) < 4.78 is 5.62. The van der Waals surface area contributed by atoms with Crippen molar-refractivity contribution < 1.29 is 9.53 Å². The molecule has 5 rings (SSSR count). The van der Waals surface area contributed by atoms with Crippen LogP contribution in [0, 0.1) is 12.3 Å². The third kappa shape index (κ3) is 4.57. The van der Waals surface area contributed by atoms with E-state index in [1.54, 1.807) is 18.3 Å². The lowest BCUT2D eigenvalue weighted by Crippen LogP contribution is -2.17. The Kier molecular flexibility index (Phi) is 6.25. The molecule has 0 aliphatic carbocycles. The van der Waals surface area contributed by atoms with Crippen molar-refractivity contribution >= 4 is 33.4 Å². The van der Waals surface area contributed by atoms with Gasteiger partial charge in [0.2, 0.25) is 5.82 Å². The van der Waals surface area contributed by atoms with Crippen LogP contribution in [0.5, 0.6) is 5.75 Å². The highest BCUT2D eigenvalue weighted by Gasteiger charge is 2.18. The Morgan fingerprint density at radius 2 is 1.83 bits per heavy atom. The molecule has 0 aliphatic heterocycles. The Hall–Kier alpha value is -4.83. The largest absolute Gasteiger partial charge is 0.481 e. The first-order valence-electron chi connectivity index (χ1n) is 11.5. The van der Waals surface area contributed by atoms with Crippen molar-refractivity contribution in [2.45, 2.75) is 19.8 Å². The van der Waals surface area contributed by atoms with Gasteiger partial charge in [-0.2, -0.15) is 5.10 Å². The van der Waals surface area contributed by atoms with E-state index in [1.807, 2.05) is 42.5 Å². The molecule has 1 amide bonds. The standard InChI is InChI=1S/C29H23N5O2/c1-4-15-36-22-13-14-25-24(16-22)26(20-11-9-19(10-12-20)18(2)3)32-28(31-25)29(35)33-27-23-8-6-5-7-21(23)17-30-34-27/h1,5-14,16-18H,15H2,2-3H3,(H,33,34,35). The van der Waals surface area contributed by atoms with Gasteiger partial charge in [-0.05, 0) is 29.7 Å². The summed E-state index contributed by atoms with van der Waals surface area (Å²) >= 11 is 0. The number of aromatic nitrogens is 4. The maximum Gasteiger partial charge on any atom is 0.294 e. The van der Waals surface area contributed by atoms with E-state index in [0.717, 1.165) is 21.7 Å². The van der Waals surface area contributed by atoms with Gasteiger partial charge in [0.15, 0.2) is 5.82 Å². The van der Waals surface area contributed by atoms with Crippen molar-refractivity contribution in [3.05, 3.63) is 84.3 Å². The monoisotopic (exact) mass is 473 g/mol. The van der Waals surface area contributed by atoms with Crippen LogP contribution in [0.3, 0.4) is 0 Å². The number of fused-ring (bicyclic) bond motifs is 2. The van der Waals surface area contributed by atoms with Crippen LogP contribution in [0.2, 0.25) is 0 Å². The van der Waals surface area contributed by atoms with Crippen LogP contribution in [0.25, 0.3) is 32.9 Å². The number of anilines is 1. The molecule has 0 radical (unpaired) electrons. The third-order valence-corrected chi connectivity index (χ3v) is 5.85. The number of nitrogens with zero attached hydrogens (tertiary/aromatic N) is 4. The van der Waals surface area contributed by atoms with Crippen molar-refractivity contribution in [2.75, 3.05) is 11.9 Å². The maximum atomic E-state index is 13.3. The van der Waals surface area contributed by atoms with Crippen molar-refractivity contribution in [1.82, 2.24) is 20.2 Å². The van der Waals surface area contributed by atoms with Crippen LogP contribution in [-0.4, -0.2) is 32.7 Å². The van der Waals surface area contributed by atoms with Gasteiger partial charge in [-0.1, -0.05) is 68.3 Å². The summed E-state index contributed by atoms with van der Waals surface area (Å²) in [6, 6.07) is 21.1. The first kappa shape index (κ1) is 22.9. The first-order chi connectivity index (χ1) is 17.5. The molecule has 0 fully saturated rings. The highest BCUT2D eigenvalue weighted by atomic mass is 16.5. The quantitative estimate of drug-likeness (QED) is 0.322. The molecule has 0 saturated carbocycles. The average molecular weight is 474 g/mol.